The highest BCUT2D eigenvalue weighted by Gasteiger charge is 2.26. The quantitative estimate of drug-likeness (QED) is 0.814. The van der Waals surface area contributed by atoms with Gasteiger partial charge in [0, 0.05) is 24.7 Å². The van der Waals surface area contributed by atoms with Crippen molar-refractivity contribution < 1.29 is 0 Å². The SMILES string of the molecule is CC(C)N(CC1CCCN1)C1CCSCC1. The number of hydrogen-bond donors (Lipinski definition) is 1. The van der Waals surface area contributed by atoms with Crippen molar-refractivity contribution in [3.63, 3.8) is 0 Å². The van der Waals surface area contributed by atoms with Crippen LogP contribution in [0.4, 0.5) is 0 Å². The minimum Gasteiger partial charge on any atom is -0.313 e. The summed E-state index contributed by atoms with van der Waals surface area (Å²) in [5.41, 5.74) is 0. The molecular formula is C13H26N2S. The largest absolute Gasteiger partial charge is 0.313 e. The molecule has 0 amide bonds. The standard InChI is InChI=1S/C13H26N2S/c1-11(2)15(10-12-4-3-7-14-12)13-5-8-16-9-6-13/h11-14H,3-10H2,1-2H3. The Kier molecular flexibility index (Phi) is 4.98. The highest BCUT2D eigenvalue weighted by molar-refractivity contribution is 7.99. The van der Waals surface area contributed by atoms with E-state index in [1.807, 2.05) is 0 Å². The third-order valence-electron chi connectivity index (χ3n) is 3.92. The van der Waals surface area contributed by atoms with Crippen LogP contribution in [0, 0.1) is 0 Å². The van der Waals surface area contributed by atoms with Crippen molar-refractivity contribution in [2.24, 2.45) is 0 Å². The van der Waals surface area contributed by atoms with Gasteiger partial charge in [-0.3, -0.25) is 4.90 Å². The van der Waals surface area contributed by atoms with Crippen molar-refractivity contribution in [3.8, 4) is 0 Å². The van der Waals surface area contributed by atoms with E-state index in [0.717, 1.165) is 12.1 Å². The first-order valence-corrected chi connectivity index (χ1v) is 7.99. The van der Waals surface area contributed by atoms with Gasteiger partial charge in [-0.15, -0.1) is 0 Å². The molecule has 2 rings (SSSR count). The van der Waals surface area contributed by atoms with Crippen LogP contribution in [0.1, 0.15) is 39.5 Å². The molecule has 1 N–H and O–H groups in total. The van der Waals surface area contributed by atoms with Crippen molar-refractivity contribution in [3.05, 3.63) is 0 Å². The van der Waals surface area contributed by atoms with Gasteiger partial charge in [-0.2, -0.15) is 11.8 Å². The first-order valence-electron chi connectivity index (χ1n) is 6.84. The third kappa shape index (κ3) is 3.38. The van der Waals surface area contributed by atoms with Crippen LogP contribution in [0.15, 0.2) is 0 Å². The maximum atomic E-state index is 3.63. The summed E-state index contributed by atoms with van der Waals surface area (Å²) in [6.45, 7) is 7.22. The molecule has 0 saturated carbocycles. The Morgan fingerprint density at radius 3 is 2.56 bits per heavy atom. The minimum atomic E-state index is 0.704. The molecule has 2 saturated heterocycles. The normalized spacial score (nSPS) is 28.1. The number of nitrogens with one attached hydrogen (secondary N) is 1. The molecule has 0 spiro atoms. The molecule has 16 heavy (non-hydrogen) atoms. The monoisotopic (exact) mass is 242 g/mol. The van der Waals surface area contributed by atoms with Gasteiger partial charge in [0.15, 0.2) is 0 Å². The first-order chi connectivity index (χ1) is 7.77. The molecule has 0 aromatic heterocycles. The first kappa shape index (κ1) is 12.7. The molecule has 1 unspecified atom stereocenters. The van der Waals surface area contributed by atoms with Crippen molar-refractivity contribution in [2.45, 2.75) is 57.7 Å². The fourth-order valence-electron chi connectivity index (χ4n) is 2.97. The predicted octanol–water partition coefficient (Wildman–Crippen LogP) is 2.34. The van der Waals surface area contributed by atoms with E-state index < -0.39 is 0 Å². The van der Waals surface area contributed by atoms with Crippen LogP contribution < -0.4 is 5.32 Å². The van der Waals surface area contributed by atoms with E-state index in [4.69, 9.17) is 0 Å². The van der Waals surface area contributed by atoms with Gasteiger partial charge in [0.25, 0.3) is 0 Å². The number of thioether (sulfide) groups is 1. The van der Waals surface area contributed by atoms with Gasteiger partial charge >= 0.3 is 0 Å². The fourth-order valence-corrected chi connectivity index (χ4v) is 4.05. The lowest BCUT2D eigenvalue weighted by Crippen LogP contribution is -2.48. The zero-order valence-corrected chi connectivity index (χ0v) is 11.6. The smallest absolute Gasteiger partial charge is 0.0195 e. The summed E-state index contributed by atoms with van der Waals surface area (Å²) in [4.78, 5) is 2.75. The summed E-state index contributed by atoms with van der Waals surface area (Å²) in [6.07, 6.45) is 5.55. The van der Waals surface area contributed by atoms with Gasteiger partial charge in [-0.05, 0) is 57.6 Å². The van der Waals surface area contributed by atoms with E-state index in [2.05, 4.69) is 35.8 Å². The van der Waals surface area contributed by atoms with Crippen LogP contribution in [0.3, 0.4) is 0 Å². The highest BCUT2D eigenvalue weighted by atomic mass is 32.2. The molecule has 0 aliphatic carbocycles. The van der Waals surface area contributed by atoms with Crippen LogP contribution >= 0.6 is 11.8 Å². The van der Waals surface area contributed by atoms with Crippen LogP contribution in [0.2, 0.25) is 0 Å². The van der Waals surface area contributed by atoms with E-state index in [1.165, 1.54) is 50.3 Å². The van der Waals surface area contributed by atoms with Gasteiger partial charge < -0.3 is 5.32 Å². The van der Waals surface area contributed by atoms with Gasteiger partial charge in [-0.1, -0.05) is 0 Å². The molecular weight excluding hydrogens is 216 g/mol. The second kappa shape index (κ2) is 6.27. The van der Waals surface area contributed by atoms with Gasteiger partial charge in [-0.25, -0.2) is 0 Å². The lowest BCUT2D eigenvalue weighted by Gasteiger charge is -2.38. The summed E-state index contributed by atoms with van der Waals surface area (Å²) in [6, 6.07) is 2.32. The fraction of sp³-hybridized carbons (Fsp3) is 1.00. The average molecular weight is 242 g/mol. The Morgan fingerprint density at radius 1 is 1.25 bits per heavy atom. The molecule has 0 radical (unpaired) electrons. The highest BCUT2D eigenvalue weighted by Crippen LogP contribution is 2.24. The van der Waals surface area contributed by atoms with Crippen molar-refractivity contribution in [1.29, 1.82) is 0 Å². The average Bonchev–Trinajstić information content (AvgIpc) is 2.79. The molecule has 3 heteroatoms. The zero-order chi connectivity index (χ0) is 11.4. The van der Waals surface area contributed by atoms with E-state index in [-0.39, 0.29) is 0 Å². The Labute approximate surface area is 105 Å². The van der Waals surface area contributed by atoms with Crippen LogP contribution in [-0.2, 0) is 0 Å². The lowest BCUT2D eigenvalue weighted by atomic mass is 10.1. The predicted molar refractivity (Wildman–Crippen MR) is 73.2 cm³/mol. The van der Waals surface area contributed by atoms with Crippen molar-refractivity contribution in [1.82, 2.24) is 10.2 Å². The molecule has 0 bridgehead atoms. The summed E-state index contributed by atoms with van der Waals surface area (Å²) in [7, 11) is 0. The molecule has 1 atom stereocenters. The maximum Gasteiger partial charge on any atom is 0.0195 e. The topological polar surface area (TPSA) is 15.3 Å². The lowest BCUT2D eigenvalue weighted by molar-refractivity contribution is 0.131. The molecule has 2 nitrogen and oxygen atoms in total. The summed E-state index contributed by atoms with van der Waals surface area (Å²) in [5.74, 6) is 2.73. The third-order valence-corrected chi connectivity index (χ3v) is 4.97. The van der Waals surface area contributed by atoms with Crippen molar-refractivity contribution in [2.75, 3.05) is 24.6 Å². The van der Waals surface area contributed by atoms with E-state index in [1.54, 1.807) is 0 Å². The minimum absolute atomic E-state index is 0.704. The maximum absolute atomic E-state index is 3.63. The van der Waals surface area contributed by atoms with E-state index >= 15 is 0 Å². The van der Waals surface area contributed by atoms with Crippen molar-refractivity contribution >= 4 is 11.8 Å². The molecule has 0 aromatic rings. The molecule has 0 aromatic carbocycles. The second-order valence-electron chi connectivity index (χ2n) is 5.43. The van der Waals surface area contributed by atoms with Crippen LogP contribution in [0.5, 0.6) is 0 Å². The van der Waals surface area contributed by atoms with Crippen LogP contribution in [0.25, 0.3) is 0 Å². The molecule has 94 valence electrons. The number of rotatable bonds is 4. The Hall–Kier alpha value is 0.270. The molecule has 2 aliphatic rings. The van der Waals surface area contributed by atoms with Gasteiger partial charge in [0.1, 0.15) is 0 Å². The molecule has 2 heterocycles. The zero-order valence-electron chi connectivity index (χ0n) is 10.7. The summed E-state index contributed by atoms with van der Waals surface area (Å²) in [5, 5.41) is 3.63. The Morgan fingerprint density at radius 2 is 2.00 bits per heavy atom. The second-order valence-corrected chi connectivity index (χ2v) is 6.65. The molecule has 2 fully saturated rings. The number of hydrogen-bond acceptors (Lipinski definition) is 3. The Balaban J connectivity index is 1.87. The summed E-state index contributed by atoms with van der Waals surface area (Å²) < 4.78 is 0. The Bertz CT molecular complexity index is 196. The van der Waals surface area contributed by atoms with Gasteiger partial charge in [0.05, 0.1) is 0 Å². The van der Waals surface area contributed by atoms with Crippen LogP contribution in [-0.4, -0.2) is 47.6 Å². The van der Waals surface area contributed by atoms with E-state index in [0.29, 0.717) is 6.04 Å². The van der Waals surface area contributed by atoms with Gasteiger partial charge in [0.2, 0.25) is 0 Å². The molecule has 2 aliphatic heterocycles. The van der Waals surface area contributed by atoms with E-state index in [9.17, 15) is 0 Å². The summed E-state index contributed by atoms with van der Waals surface area (Å²) >= 11 is 2.13. The number of nitrogens with zero attached hydrogens (tertiary/aromatic N) is 1.